The van der Waals surface area contributed by atoms with Crippen molar-refractivity contribution in [3.63, 3.8) is 0 Å². The van der Waals surface area contributed by atoms with Crippen LogP contribution in [0.25, 0.3) is 0 Å². The molecule has 0 aliphatic carbocycles. The molecule has 126 valence electrons. The predicted octanol–water partition coefficient (Wildman–Crippen LogP) is 4.14. The number of benzene rings is 2. The van der Waals surface area contributed by atoms with E-state index in [4.69, 9.17) is 11.6 Å². The number of nitrogens with one attached hydrogen (secondary N) is 1. The first-order chi connectivity index (χ1) is 11.2. The lowest BCUT2D eigenvalue weighted by molar-refractivity contribution is -0.137. The van der Waals surface area contributed by atoms with Crippen molar-refractivity contribution >= 4 is 23.7 Å². The zero-order valence-corrected chi connectivity index (χ0v) is 13.1. The molecule has 0 saturated carbocycles. The molecular formula is C16H12ClF3N2O2. The van der Waals surface area contributed by atoms with Crippen LogP contribution in [0.1, 0.15) is 27.0 Å². The van der Waals surface area contributed by atoms with E-state index in [1.54, 1.807) is 24.3 Å². The Kier molecular flexibility index (Phi) is 5.14. The van der Waals surface area contributed by atoms with Crippen LogP contribution in [-0.2, 0) is 6.18 Å². The Balaban J connectivity index is 2.24. The van der Waals surface area contributed by atoms with Crippen molar-refractivity contribution in [2.24, 2.45) is 5.10 Å². The van der Waals surface area contributed by atoms with Gasteiger partial charge in [0, 0.05) is 5.56 Å². The number of aromatic hydroxyl groups is 1. The Hall–Kier alpha value is -2.54. The molecule has 2 aromatic carbocycles. The van der Waals surface area contributed by atoms with Crippen molar-refractivity contribution in [2.75, 3.05) is 0 Å². The third-order valence-electron chi connectivity index (χ3n) is 3.15. The summed E-state index contributed by atoms with van der Waals surface area (Å²) in [6.07, 6.45) is -4.00. The average Bonchev–Trinajstić information content (AvgIpc) is 2.50. The van der Waals surface area contributed by atoms with Gasteiger partial charge in [-0.15, -0.1) is 0 Å². The fraction of sp³-hybridized carbons (Fsp3) is 0.125. The molecule has 4 nitrogen and oxygen atoms in total. The van der Waals surface area contributed by atoms with E-state index in [0.717, 1.165) is 17.7 Å². The average molecular weight is 357 g/mol. The Morgan fingerprint density at radius 3 is 2.42 bits per heavy atom. The van der Waals surface area contributed by atoms with E-state index < -0.39 is 29.0 Å². The van der Waals surface area contributed by atoms with Crippen LogP contribution in [-0.4, -0.2) is 17.2 Å². The molecule has 0 unspecified atom stereocenters. The number of aryl methyl sites for hydroxylation is 1. The molecule has 0 saturated heterocycles. The summed E-state index contributed by atoms with van der Waals surface area (Å²) in [7, 11) is 0. The van der Waals surface area contributed by atoms with Gasteiger partial charge >= 0.3 is 6.18 Å². The Morgan fingerprint density at radius 2 is 1.83 bits per heavy atom. The third kappa shape index (κ3) is 4.05. The summed E-state index contributed by atoms with van der Waals surface area (Å²) < 4.78 is 38.8. The molecule has 8 heteroatoms. The standard InChI is InChI=1S/C16H12ClF3N2O2/c1-9-2-4-10(5-3-9)15(24)22-21-8-11-12(16(18,19)20)6-7-13(17)14(11)23/h2-8,23H,1H3,(H,22,24)/b21-8+. The summed E-state index contributed by atoms with van der Waals surface area (Å²) >= 11 is 5.62. The lowest BCUT2D eigenvalue weighted by Crippen LogP contribution is -2.18. The number of phenols is 1. The smallest absolute Gasteiger partial charge is 0.417 e. The zero-order valence-electron chi connectivity index (χ0n) is 12.4. The first kappa shape index (κ1) is 17.8. The molecule has 2 rings (SSSR count). The predicted molar refractivity (Wildman–Crippen MR) is 84.4 cm³/mol. The third-order valence-corrected chi connectivity index (χ3v) is 3.45. The minimum atomic E-state index is -4.70. The summed E-state index contributed by atoms with van der Waals surface area (Å²) in [6.45, 7) is 1.85. The number of halogens is 4. The van der Waals surface area contributed by atoms with Crippen LogP contribution in [0.5, 0.6) is 5.75 Å². The van der Waals surface area contributed by atoms with Gasteiger partial charge < -0.3 is 5.11 Å². The van der Waals surface area contributed by atoms with Crippen molar-refractivity contribution in [1.82, 2.24) is 5.43 Å². The molecule has 0 aliphatic rings. The summed E-state index contributed by atoms with van der Waals surface area (Å²) in [5.41, 5.74) is 1.61. The van der Waals surface area contributed by atoms with E-state index in [1.165, 1.54) is 0 Å². The van der Waals surface area contributed by atoms with Crippen molar-refractivity contribution in [3.05, 3.63) is 63.7 Å². The highest BCUT2D eigenvalue weighted by atomic mass is 35.5. The van der Waals surface area contributed by atoms with Crippen LogP contribution in [0.2, 0.25) is 5.02 Å². The number of hydrogen-bond acceptors (Lipinski definition) is 3. The second kappa shape index (κ2) is 6.92. The van der Waals surface area contributed by atoms with Gasteiger partial charge in [-0.1, -0.05) is 29.3 Å². The maximum absolute atomic E-state index is 12.9. The Morgan fingerprint density at radius 1 is 1.21 bits per heavy atom. The highest BCUT2D eigenvalue weighted by Gasteiger charge is 2.34. The van der Waals surface area contributed by atoms with Gasteiger partial charge in [-0.2, -0.15) is 18.3 Å². The topological polar surface area (TPSA) is 61.7 Å². The summed E-state index contributed by atoms with van der Waals surface area (Å²) in [4.78, 5) is 11.8. The van der Waals surface area contributed by atoms with Crippen molar-refractivity contribution in [3.8, 4) is 5.75 Å². The molecule has 0 heterocycles. The maximum Gasteiger partial charge on any atom is 0.417 e. The number of amides is 1. The number of nitrogens with zero attached hydrogens (tertiary/aromatic N) is 1. The van der Waals surface area contributed by atoms with Crippen LogP contribution < -0.4 is 5.43 Å². The van der Waals surface area contributed by atoms with Crippen LogP contribution >= 0.6 is 11.6 Å². The van der Waals surface area contributed by atoms with Crippen LogP contribution in [0.4, 0.5) is 13.2 Å². The van der Waals surface area contributed by atoms with E-state index >= 15 is 0 Å². The monoisotopic (exact) mass is 356 g/mol. The molecule has 24 heavy (non-hydrogen) atoms. The number of phenolic OH excluding ortho intramolecular Hbond substituents is 1. The molecular weight excluding hydrogens is 345 g/mol. The van der Waals surface area contributed by atoms with Crippen LogP contribution in [0, 0.1) is 6.92 Å². The van der Waals surface area contributed by atoms with Gasteiger partial charge in [0.15, 0.2) is 0 Å². The first-order valence-corrected chi connectivity index (χ1v) is 7.06. The summed E-state index contributed by atoms with van der Waals surface area (Å²) in [5.74, 6) is -1.36. The van der Waals surface area contributed by atoms with Crippen molar-refractivity contribution < 1.29 is 23.1 Å². The fourth-order valence-corrected chi connectivity index (χ4v) is 2.05. The molecule has 2 N–H and O–H groups in total. The quantitative estimate of drug-likeness (QED) is 0.641. The minimum absolute atomic E-state index is 0.255. The molecule has 0 aliphatic heterocycles. The van der Waals surface area contributed by atoms with Gasteiger partial charge in [-0.25, -0.2) is 5.43 Å². The molecule has 0 fully saturated rings. The van der Waals surface area contributed by atoms with E-state index in [-0.39, 0.29) is 5.02 Å². The minimum Gasteiger partial charge on any atom is -0.506 e. The lowest BCUT2D eigenvalue weighted by atomic mass is 10.1. The van der Waals surface area contributed by atoms with Gasteiger partial charge in [0.05, 0.1) is 22.4 Å². The second-order valence-corrected chi connectivity index (χ2v) is 5.33. The number of alkyl halides is 3. The van der Waals surface area contributed by atoms with Gasteiger partial charge in [0.2, 0.25) is 0 Å². The van der Waals surface area contributed by atoms with Gasteiger partial charge in [0.1, 0.15) is 5.75 Å². The molecule has 2 aromatic rings. The molecule has 0 atom stereocenters. The number of carbonyl (C=O) groups excluding carboxylic acids is 1. The van der Waals surface area contributed by atoms with Crippen LogP contribution in [0.3, 0.4) is 0 Å². The van der Waals surface area contributed by atoms with Crippen molar-refractivity contribution in [2.45, 2.75) is 13.1 Å². The molecule has 0 radical (unpaired) electrons. The highest BCUT2D eigenvalue weighted by Crippen LogP contribution is 2.38. The highest BCUT2D eigenvalue weighted by molar-refractivity contribution is 6.32. The number of carbonyl (C=O) groups is 1. The first-order valence-electron chi connectivity index (χ1n) is 6.69. The SMILES string of the molecule is Cc1ccc(C(=O)N/N=C/c2c(C(F)(F)F)ccc(Cl)c2O)cc1. The van der Waals surface area contributed by atoms with E-state index in [1.807, 2.05) is 6.92 Å². The number of hydrazone groups is 1. The van der Waals surface area contributed by atoms with Gasteiger partial charge in [0.25, 0.3) is 5.91 Å². The molecule has 0 aromatic heterocycles. The van der Waals surface area contributed by atoms with Gasteiger partial charge in [-0.3, -0.25) is 4.79 Å². The van der Waals surface area contributed by atoms with E-state index in [0.29, 0.717) is 11.8 Å². The van der Waals surface area contributed by atoms with E-state index in [2.05, 4.69) is 10.5 Å². The second-order valence-electron chi connectivity index (χ2n) is 4.92. The number of hydrogen-bond donors (Lipinski definition) is 2. The van der Waals surface area contributed by atoms with Crippen LogP contribution in [0.15, 0.2) is 41.5 Å². The Labute approximate surface area is 140 Å². The lowest BCUT2D eigenvalue weighted by Gasteiger charge is -2.12. The largest absolute Gasteiger partial charge is 0.506 e. The maximum atomic E-state index is 12.9. The number of rotatable bonds is 3. The Bertz CT molecular complexity index is 787. The van der Waals surface area contributed by atoms with Gasteiger partial charge in [-0.05, 0) is 31.2 Å². The fourth-order valence-electron chi connectivity index (χ4n) is 1.88. The summed E-state index contributed by atoms with van der Waals surface area (Å²) in [6, 6.07) is 8.19. The zero-order chi connectivity index (χ0) is 17.9. The molecule has 0 bridgehead atoms. The summed E-state index contributed by atoms with van der Waals surface area (Å²) in [5, 5.41) is 12.9. The molecule has 0 spiro atoms. The normalized spacial score (nSPS) is 11.7. The van der Waals surface area contributed by atoms with Crippen molar-refractivity contribution in [1.29, 1.82) is 0 Å². The molecule has 1 amide bonds. The van der Waals surface area contributed by atoms with E-state index in [9.17, 15) is 23.1 Å².